The van der Waals surface area contributed by atoms with Crippen LogP contribution in [0.4, 0.5) is 16.2 Å². The lowest BCUT2D eigenvalue weighted by molar-refractivity contribution is -0.136. The van der Waals surface area contributed by atoms with E-state index in [0.29, 0.717) is 24.3 Å². The quantitative estimate of drug-likeness (QED) is 0.702. The van der Waals surface area contributed by atoms with Gasteiger partial charge in [0, 0.05) is 13.1 Å². The third kappa shape index (κ3) is 4.25. The van der Waals surface area contributed by atoms with Crippen LogP contribution in [0.1, 0.15) is 26.3 Å². The Labute approximate surface area is 175 Å². The summed E-state index contributed by atoms with van der Waals surface area (Å²) in [6, 6.07) is 5.48. The van der Waals surface area contributed by atoms with Crippen molar-refractivity contribution in [3.8, 4) is 0 Å². The summed E-state index contributed by atoms with van der Waals surface area (Å²) in [7, 11) is 1.25. The van der Waals surface area contributed by atoms with E-state index in [0.717, 1.165) is 5.56 Å². The van der Waals surface area contributed by atoms with Gasteiger partial charge in [-0.3, -0.25) is 9.69 Å². The van der Waals surface area contributed by atoms with Gasteiger partial charge < -0.3 is 24.8 Å². The van der Waals surface area contributed by atoms with Gasteiger partial charge in [-0.1, -0.05) is 12.1 Å². The number of hydrogen-bond acceptors (Lipinski definition) is 7. The summed E-state index contributed by atoms with van der Waals surface area (Å²) in [5, 5.41) is 12.3. The summed E-state index contributed by atoms with van der Waals surface area (Å²) in [6.07, 6.45) is 0.176. The molecule has 0 spiro atoms. The first kappa shape index (κ1) is 21.6. The molecule has 0 saturated carbocycles. The predicted molar refractivity (Wildman–Crippen MR) is 110 cm³/mol. The van der Waals surface area contributed by atoms with Crippen LogP contribution >= 0.6 is 0 Å². The summed E-state index contributed by atoms with van der Waals surface area (Å²) < 4.78 is 10.3. The molecule has 2 N–H and O–H groups in total. The Morgan fingerprint density at radius 2 is 2.00 bits per heavy atom. The van der Waals surface area contributed by atoms with Gasteiger partial charge >= 0.3 is 12.1 Å². The van der Waals surface area contributed by atoms with Crippen LogP contribution in [0.25, 0.3) is 0 Å². The number of rotatable bonds is 5. The highest BCUT2D eigenvalue weighted by Crippen LogP contribution is 2.38. The summed E-state index contributed by atoms with van der Waals surface area (Å²) in [4.78, 5) is 40.7. The number of aliphatic hydroxyl groups is 1. The lowest BCUT2D eigenvalue weighted by Crippen LogP contribution is -2.36. The third-order valence-electron chi connectivity index (χ3n) is 4.82. The number of β-amino-alcohol motifs (C(OH)–C–C–N with tert-alkyl or cyclic N) is 1. The monoisotopic (exact) mass is 417 g/mol. The molecule has 0 bridgehead atoms. The van der Waals surface area contributed by atoms with Crippen molar-refractivity contribution in [1.29, 1.82) is 0 Å². The molecule has 9 heteroatoms. The molecule has 0 aromatic heterocycles. The first-order valence-electron chi connectivity index (χ1n) is 9.77. The minimum absolute atomic E-state index is 0.0409. The van der Waals surface area contributed by atoms with Crippen molar-refractivity contribution in [3.63, 3.8) is 0 Å². The SMILES string of the molecule is COC(=O)C1=C(Nc2cccc3c2N(C(=O)OC(C)(C)C)CC3)C(=O)N(CCO)C1. The van der Waals surface area contributed by atoms with E-state index in [-0.39, 0.29) is 31.0 Å². The molecule has 1 aromatic carbocycles. The van der Waals surface area contributed by atoms with Crippen molar-refractivity contribution in [1.82, 2.24) is 4.90 Å². The van der Waals surface area contributed by atoms with Gasteiger partial charge in [0.2, 0.25) is 0 Å². The van der Waals surface area contributed by atoms with Crippen LogP contribution in [0.5, 0.6) is 0 Å². The molecular formula is C21H27N3O6. The van der Waals surface area contributed by atoms with Crippen LogP contribution in [0.2, 0.25) is 0 Å². The molecule has 0 radical (unpaired) electrons. The van der Waals surface area contributed by atoms with E-state index in [2.05, 4.69) is 5.32 Å². The third-order valence-corrected chi connectivity index (χ3v) is 4.82. The lowest BCUT2D eigenvalue weighted by Gasteiger charge is -2.26. The van der Waals surface area contributed by atoms with Crippen LogP contribution in [0.15, 0.2) is 29.5 Å². The van der Waals surface area contributed by atoms with Crippen LogP contribution in [-0.4, -0.2) is 66.9 Å². The molecule has 2 amide bonds. The van der Waals surface area contributed by atoms with E-state index < -0.39 is 23.6 Å². The molecule has 0 saturated heterocycles. The summed E-state index contributed by atoms with van der Waals surface area (Å²) in [5.74, 6) is -1.04. The number of carbonyl (C=O) groups excluding carboxylic acids is 3. The van der Waals surface area contributed by atoms with Crippen molar-refractivity contribution in [3.05, 3.63) is 35.0 Å². The second-order valence-corrected chi connectivity index (χ2v) is 8.12. The minimum Gasteiger partial charge on any atom is -0.466 e. The van der Waals surface area contributed by atoms with Crippen LogP contribution in [-0.2, 0) is 25.5 Å². The molecule has 2 aliphatic heterocycles. The number of nitrogens with zero attached hydrogens (tertiary/aromatic N) is 2. The molecule has 0 fully saturated rings. The predicted octanol–water partition coefficient (Wildman–Crippen LogP) is 1.66. The number of fused-ring (bicyclic) bond motifs is 1. The smallest absolute Gasteiger partial charge is 0.414 e. The lowest BCUT2D eigenvalue weighted by atomic mass is 10.1. The Bertz CT molecular complexity index is 902. The molecule has 9 nitrogen and oxygen atoms in total. The normalized spacial score (nSPS) is 16.1. The number of methoxy groups -OCH3 is 1. The highest BCUT2D eigenvalue weighted by Gasteiger charge is 2.36. The maximum Gasteiger partial charge on any atom is 0.414 e. The number of hydrogen-bond donors (Lipinski definition) is 2. The highest BCUT2D eigenvalue weighted by atomic mass is 16.6. The second-order valence-electron chi connectivity index (χ2n) is 8.12. The Morgan fingerprint density at radius 1 is 1.27 bits per heavy atom. The average Bonchev–Trinajstić information content (AvgIpc) is 3.24. The molecule has 0 aliphatic carbocycles. The Kier molecular flexibility index (Phi) is 6.02. The molecule has 162 valence electrons. The van der Waals surface area contributed by atoms with Crippen molar-refractivity contribution in [2.45, 2.75) is 32.8 Å². The zero-order chi connectivity index (χ0) is 22.1. The number of esters is 1. The maximum absolute atomic E-state index is 12.8. The standard InChI is InChI=1S/C21H27N3O6/c1-21(2,3)30-20(28)24-9-8-13-6-5-7-15(17(13)24)22-16-14(19(27)29-4)12-23(10-11-25)18(16)26/h5-7,22,25H,8-12H2,1-4H3. The van der Waals surface area contributed by atoms with Gasteiger partial charge in [-0.15, -0.1) is 0 Å². The van der Waals surface area contributed by atoms with Crippen molar-refractivity contribution < 1.29 is 29.0 Å². The van der Waals surface area contributed by atoms with Crippen molar-refractivity contribution in [2.75, 3.05) is 43.6 Å². The number of ether oxygens (including phenoxy) is 2. The molecule has 3 rings (SSSR count). The van der Waals surface area contributed by atoms with Gasteiger partial charge in [-0.2, -0.15) is 0 Å². The number of carbonyl (C=O) groups is 3. The van der Waals surface area contributed by atoms with Gasteiger partial charge in [-0.05, 0) is 38.8 Å². The zero-order valence-electron chi connectivity index (χ0n) is 17.7. The largest absolute Gasteiger partial charge is 0.466 e. The molecule has 2 aliphatic rings. The fourth-order valence-corrected chi connectivity index (χ4v) is 3.54. The topological polar surface area (TPSA) is 108 Å². The molecule has 1 aromatic rings. The van der Waals surface area contributed by atoms with Gasteiger partial charge in [0.1, 0.15) is 11.3 Å². The average molecular weight is 417 g/mol. The van der Waals surface area contributed by atoms with E-state index in [1.165, 1.54) is 16.9 Å². The molecule has 30 heavy (non-hydrogen) atoms. The number of para-hydroxylation sites is 1. The van der Waals surface area contributed by atoms with Gasteiger partial charge in [-0.25, -0.2) is 9.59 Å². The minimum atomic E-state index is -0.644. The van der Waals surface area contributed by atoms with E-state index >= 15 is 0 Å². The zero-order valence-corrected chi connectivity index (χ0v) is 17.7. The first-order chi connectivity index (χ1) is 14.2. The number of aliphatic hydroxyl groups excluding tert-OH is 1. The first-order valence-corrected chi connectivity index (χ1v) is 9.77. The Morgan fingerprint density at radius 3 is 2.63 bits per heavy atom. The maximum atomic E-state index is 12.8. The molecular weight excluding hydrogens is 390 g/mol. The number of amides is 2. The highest BCUT2D eigenvalue weighted by molar-refractivity contribution is 6.09. The van der Waals surface area contributed by atoms with Crippen LogP contribution in [0.3, 0.4) is 0 Å². The summed E-state index contributed by atoms with van der Waals surface area (Å²) >= 11 is 0. The Hall–Kier alpha value is -3.07. The fourth-order valence-electron chi connectivity index (χ4n) is 3.54. The molecule has 0 unspecified atom stereocenters. The van der Waals surface area contributed by atoms with Gasteiger partial charge in [0.15, 0.2) is 0 Å². The Balaban J connectivity index is 1.96. The van der Waals surface area contributed by atoms with E-state index in [1.807, 2.05) is 12.1 Å². The fraction of sp³-hybridized carbons (Fsp3) is 0.476. The van der Waals surface area contributed by atoms with E-state index in [1.54, 1.807) is 26.8 Å². The number of benzene rings is 1. The van der Waals surface area contributed by atoms with E-state index in [9.17, 15) is 19.5 Å². The van der Waals surface area contributed by atoms with Crippen LogP contribution in [0, 0.1) is 0 Å². The van der Waals surface area contributed by atoms with E-state index in [4.69, 9.17) is 9.47 Å². The second kappa shape index (κ2) is 8.35. The van der Waals surface area contributed by atoms with Gasteiger partial charge in [0.05, 0.1) is 37.2 Å². The molecule has 2 heterocycles. The molecule has 0 atom stereocenters. The summed E-state index contributed by atoms with van der Waals surface area (Å²) in [6.45, 7) is 5.77. The summed E-state index contributed by atoms with van der Waals surface area (Å²) in [5.41, 5.74) is 1.69. The van der Waals surface area contributed by atoms with Crippen molar-refractivity contribution >= 4 is 29.3 Å². The van der Waals surface area contributed by atoms with Gasteiger partial charge in [0.25, 0.3) is 5.91 Å². The number of anilines is 2. The number of nitrogens with one attached hydrogen (secondary N) is 1. The van der Waals surface area contributed by atoms with Crippen LogP contribution < -0.4 is 10.2 Å². The van der Waals surface area contributed by atoms with Crippen molar-refractivity contribution in [2.24, 2.45) is 0 Å².